The van der Waals surface area contributed by atoms with E-state index in [9.17, 15) is 14.9 Å². The maximum Gasteiger partial charge on any atom is 0.266 e. The van der Waals surface area contributed by atoms with Gasteiger partial charge in [0.25, 0.3) is 11.8 Å². The number of nitrogens with two attached hydrogens (primary N) is 1. The molecular formula is C22H23N3O5. The molecule has 0 saturated carbocycles. The molecule has 30 heavy (non-hydrogen) atoms. The van der Waals surface area contributed by atoms with Crippen LogP contribution in [0.4, 0.5) is 5.69 Å². The SMILES string of the molecule is COc1cc(/C=C(\C#N)C(=O)Nc2ccc(C)c(C)c2)cc(OC)c1OCC(N)=O. The summed E-state index contributed by atoms with van der Waals surface area (Å²) in [6.07, 6.45) is 1.40. The molecule has 0 fully saturated rings. The quantitative estimate of drug-likeness (QED) is 0.510. The summed E-state index contributed by atoms with van der Waals surface area (Å²) in [4.78, 5) is 23.6. The zero-order valence-electron chi connectivity index (χ0n) is 17.2. The maximum absolute atomic E-state index is 12.6. The number of benzene rings is 2. The van der Waals surface area contributed by atoms with E-state index in [1.165, 1.54) is 20.3 Å². The molecule has 0 radical (unpaired) electrons. The van der Waals surface area contributed by atoms with Crippen LogP contribution in [0, 0.1) is 25.2 Å². The van der Waals surface area contributed by atoms with Gasteiger partial charge >= 0.3 is 0 Å². The normalized spacial score (nSPS) is 10.7. The Hall–Kier alpha value is -3.99. The lowest BCUT2D eigenvalue weighted by atomic mass is 10.1. The van der Waals surface area contributed by atoms with Gasteiger partial charge in [-0.15, -0.1) is 0 Å². The monoisotopic (exact) mass is 409 g/mol. The third-order valence-corrected chi connectivity index (χ3v) is 4.28. The summed E-state index contributed by atoms with van der Waals surface area (Å²) in [7, 11) is 2.83. The smallest absolute Gasteiger partial charge is 0.266 e. The van der Waals surface area contributed by atoms with Gasteiger partial charge in [-0.1, -0.05) is 6.07 Å². The van der Waals surface area contributed by atoms with Crippen molar-refractivity contribution in [2.24, 2.45) is 5.73 Å². The Balaban J connectivity index is 2.35. The van der Waals surface area contributed by atoms with Gasteiger partial charge in [-0.25, -0.2) is 0 Å². The van der Waals surface area contributed by atoms with E-state index < -0.39 is 11.8 Å². The van der Waals surface area contributed by atoms with E-state index >= 15 is 0 Å². The van der Waals surface area contributed by atoms with Gasteiger partial charge in [-0.2, -0.15) is 5.26 Å². The van der Waals surface area contributed by atoms with Crippen LogP contribution in [0.15, 0.2) is 35.9 Å². The van der Waals surface area contributed by atoms with Crippen molar-refractivity contribution in [1.82, 2.24) is 0 Å². The molecule has 0 atom stereocenters. The summed E-state index contributed by atoms with van der Waals surface area (Å²) in [6, 6.07) is 10.5. The third-order valence-electron chi connectivity index (χ3n) is 4.28. The van der Waals surface area contributed by atoms with E-state index in [-0.39, 0.29) is 29.4 Å². The number of carbonyl (C=O) groups excluding carboxylic acids is 2. The summed E-state index contributed by atoms with van der Waals surface area (Å²) in [5.41, 5.74) is 8.20. The average Bonchev–Trinajstić information content (AvgIpc) is 2.72. The molecule has 2 amide bonds. The Labute approximate surface area is 174 Å². The molecule has 8 nitrogen and oxygen atoms in total. The molecule has 156 valence electrons. The molecular weight excluding hydrogens is 386 g/mol. The predicted molar refractivity (Wildman–Crippen MR) is 112 cm³/mol. The molecule has 0 unspecified atom stereocenters. The molecule has 0 heterocycles. The van der Waals surface area contributed by atoms with Crippen LogP contribution in [-0.4, -0.2) is 32.6 Å². The van der Waals surface area contributed by atoms with Gasteiger partial charge in [0.15, 0.2) is 18.1 Å². The summed E-state index contributed by atoms with van der Waals surface area (Å²) < 4.78 is 15.9. The Morgan fingerprint density at radius 3 is 2.23 bits per heavy atom. The Morgan fingerprint density at radius 1 is 1.10 bits per heavy atom. The first-order valence-corrected chi connectivity index (χ1v) is 8.96. The molecule has 0 aliphatic heterocycles. The van der Waals surface area contributed by atoms with Gasteiger partial charge in [-0.05, 0) is 60.9 Å². The van der Waals surface area contributed by atoms with Gasteiger partial charge in [-0.3, -0.25) is 9.59 Å². The van der Waals surface area contributed by atoms with Gasteiger partial charge in [0.1, 0.15) is 11.6 Å². The highest BCUT2D eigenvalue weighted by molar-refractivity contribution is 6.09. The lowest BCUT2D eigenvalue weighted by Crippen LogP contribution is -2.20. The van der Waals surface area contributed by atoms with E-state index in [4.69, 9.17) is 19.9 Å². The molecule has 0 aliphatic carbocycles. The Bertz CT molecular complexity index is 1010. The number of aryl methyl sites for hydroxylation is 2. The summed E-state index contributed by atoms with van der Waals surface area (Å²) in [6.45, 7) is 3.55. The molecule has 8 heteroatoms. The second kappa shape index (κ2) is 9.98. The highest BCUT2D eigenvalue weighted by atomic mass is 16.5. The highest BCUT2D eigenvalue weighted by Gasteiger charge is 2.16. The molecule has 0 aromatic heterocycles. The molecule has 2 aromatic rings. The highest BCUT2D eigenvalue weighted by Crippen LogP contribution is 2.39. The average molecular weight is 409 g/mol. The van der Waals surface area contributed by atoms with E-state index in [0.29, 0.717) is 11.3 Å². The number of methoxy groups -OCH3 is 2. The number of rotatable bonds is 8. The second-order valence-corrected chi connectivity index (χ2v) is 6.43. The number of carbonyl (C=O) groups is 2. The number of hydrogen-bond donors (Lipinski definition) is 2. The van der Waals surface area contributed by atoms with Crippen LogP contribution in [0.3, 0.4) is 0 Å². The summed E-state index contributed by atoms with van der Waals surface area (Å²) in [5.74, 6) is -0.498. The van der Waals surface area contributed by atoms with E-state index in [1.807, 2.05) is 32.0 Å². The van der Waals surface area contributed by atoms with Crippen molar-refractivity contribution in [3.05, 3.63) is 52.6 Å². The lowest BCUT2D eigenvalue weighted by Gasteiger charge is -2.14. The van der Waals surface area contributed by atoms with Crippen molar-refractivity contribution >= 4 is 23.6 Å². The standard InChI is InChI=1S/C22H23N3O5/c1-13-5-6-17(7-14(13)2)25-22(27)16(11-23)8-15-9-18(28-3)21(19(10-15)29-4)30-12-20(24)26/h5-10H,12H2,1-4H3,(H2,24,26)(H,25,27)/b16-8+. The van der Waals surface area contributed by atoms with E-state index in [0.717, 1.165) is 11.1 Å². The first-order chi connectivity index (χ1) is 14.3. The fourth-order valence-electron chi connectivity index (χ4n) is 2.60. The number of hydrogen-bond acceptors (Lipinski definition) is 6. The van der Waals surface area contributed by atoms with Crippen LogP contribution in [0.25, 0.3) is 6.08 Å². The van der Waals surface area contributed by atoms with Crippen LogP contribution in [-0.2, 0) is 9.59 Å². The topological polar surface area (TPSA) is 124 Å². The number of ether oxygens (including phenoxy) is 3. The minimum absolute atomic E-state index is 0.108. The van der Waals surface area contributed by atoms with Gasteiger partial charge in [0.2, 0.25) is 5.75 Å². The Morgan fingerprint density at radius 2 is 1.73 bits per heavy atom. The number of nitrogens with zero attached hydrogens (tertiary/aromatic N) is 1. The van der Waals surface area contributed by atoms with Crippen LogP contribution in [0.1, 0.15) is 16.7 Å². The summed E-state index contributed by atoms with van der Waals surface area (Å²) >= 11 is 0. The van der Waals surface area contributed by atoms with Gasteiger partial charge in [0.05, 0.1) is 14.2 Å². The van der Waals surface area contributed by atoms with Gasteiger partial charge < -0.3 is 25.3 Å². The summed E-state index contributed by atoms with van der Waals surface area (Å²) in [5, 5.41) is 12.2. The van der Waals surface area contributed by atoms with Crippen LogP contribution < -0.4 is 25.3 Å². The van der Waals surface area contributed by atoms with Crippen LogP contribution in [0.5, 0.6) is 17.2 Å². The third kappa shape index (κ3) is 5.52. The molecule has 2 aromatic carbocycles. The first-order valence-electron chi connectivity index (χ1n) is 8.96. The predicted octanol–water partition coefficient (Wildman–Crippen LogP) is 2.73. The number of nitriles is 1. The first kappa shape index (κ1) is 22.3. The van der Waals surface area contributed by atoms with Crippen LogP contribution in [0.2, 0.25) is 0 Å². The van der Waals surface area contributed by atoms with Gasteiger partial charge in [0, 0.05) is 5.69 Å². The van der Waals surface area contributed by atoms with Crippen molar-refractivity contribution < 1.29 is 23.8 Å². The zero-order chi connectivity index (χ0) is 22.3. The van der Waals surface area contributed by atoms with Crippen molar-refractivity contribution in [3.8, 4) is 23.3 Å². The number of anilines is 1. The minimum Gasteiger partial charge on any atom is -0.493 e. The Kier molecular flexibility index (Phi) is 7.42. The molecule has 0 bridgehead atoms. The largest absolute Gasteiger partial charge is 0.493 e. The lowest BCUT2D eigenvalue weighted by molar-refractivity contribution is -0.120. The van der Waals surface area contributed by atoms with Crippen molar-refractivity contribution in [3.63, 3.8) is 0 Å². The van der Waals surface area contributed by atoms with Crippen LogP contribution >= 0.6 is 0 Å². The minimum atomic E-state index is -0.655. The van der Waals surface area contributed by atoms with Crippen molar-refractivity contribution in [2.45, 2.75) is 13.8 Å². The molecule has 0 aliphatic rings. The molecule has 2 rings (SSSR count). The number of primary amides is 1. The maximum atomic E-state index is 12.6. The fourth-order valence-corrected chi connectivity index (χ4v) is 2.60. The number of nitrogens with one attached hydrogen (secondary N) is 1. The zero-order valence-corrected chi connectivity index (χ0v) is 17.2. The number of amides is 2. The van der Waals surface area contributed by atoms with E-state index in [1.54, 1.807) is 18.2 Å². The second-order valence-electron chi connectivity index (χ2n) is 6.43. The molecule has 3 N–H and O–H groups in total. The molecule has 0 saturated heterocycles. The fraction of sp³-hybridized carbons (Fsp3) is 0.227. The van der Waals surface area contributed by atoms with E-state index in [2.05, 4.69) is 5.32 Å². The van der Waals surface area contributed by atoms with Crippen molar-refractivity contribution in [2.75, 3.05) is 26.1 Å². The van der Waals surface area contributed by atoms with Crippen molar-refractivity contribution in [1.29, 1.82) is 5.26 Å². The molecule has 0 spiro atoms.